The normalized spacial score (nSPS) is 12.7. The third kappa shape index (κ3) is 9.73. The van der Waals surface area contributed by atoms with Crippen molar-refractivity contribution in [3.05, 3.63) is 0 Å². The highest BCUT2D eigenvalue weighted by molar-refractivity contribution is 5.76. The molecule has 0 saturated heterocycles. The molecule has 15 heavy (non-hydrogen) atoms. The predicted molar refractivity (Wildman–Crippen MR) is 65.3 cm³/mol. The molecule has 0 aliphatic rings. The van der Waals surface area contributed by atoms with Crippen LogP contribution in [0, 0.1) is 11.3 Å². The second kappa shape index (κ2) is 9.97. The number of ether oxygens (including phenoxy) is 1. The van der Waals surface area contributed by atoms with E-state index in [0.29, 0.717) is 12.3 Å². The fraction of sp³-hybridized carbons (Fsp3) is 0.917. The van der Waals surface area contributed by atoms with Gasteiger partial charge in [0.25, 0.3) is 0 Å². The van der Waals surface area contributed by atoms with Gasteiger partial charge in [0.1, 0.15) is 0 Å². The molecule has 3 heteroatoms. The first-order valence-corrected chi connectivity index (χ1v) is 6.11. The molecule has 0 aromatic carbocycles. The zero-order valence-corrected chi connectivity index (χ0v) is 10.2. The summed E-state index contributed by atoms with van der Waals surface area (Å²) in [4.78, 5) is 0. The molecular formula is C12H26N2O. The highest BCUT2D eigenvalue weighted by Gasteiger charge is 2.05. The maximum absolute atomic E-state index is 7.06. The summed E-state index contributed by atoms with van der Waals surface area (Å²) in [6.07, 6.45) is 6.58. The lowest BCUT2D eigenvalue weighted by atomic mass is 10.0. The summed E-state index contributed by atoms with van der Waals surface area (Å²) in [7, 11) is 0. The lowest BCUT2D eigenvalue weighted by Gasteiger charge is -2.14. The average molecular weight is 214 g/mol. The van der Waals surface area contributed by atoms with Crippen molar-refractivity contribution in [1.29, 1.82) is 5.41 Å². The summed E-state index contributed by atoms with van der Waals surface area (Å²) in [6.45, 7) is 6.05. The lowest BCUT2D eigenvalue weighted by molar-refractivity contribution is 0.0931. The number of hydrogen-bond acceptors (Lipinski definition) is 2. The van der Waals surface area contributed by atoms with Crippen molar-refractivity contribution < 1.29 is 4.74 Å². The van der Waals surface area contributed by atoms with Gasteiger partial charge in [-0.3, -0.25) is 5.41 Å². The molecule has 0 aromatic rings. The highest BCUT2D eigenvalue weighted by Crippen LogP contribution is 2.12. The highest BCUT2D eigenvalue weighted by atomic mass is 16.5. The Morgan fingerprint density at radius 3 is 2.60 bits per heavy atom. The van der Waals surface area contributed by atoms with Crippen LogP contribution in [0.5, 0.6) is 0 Å². The van der Waals surface area contributed by atoms with Crippen LogP contribution in [-0.4, -0.2) is 19.0 Å². The standard InChI is InChI=1S/C12H26N2O/c1-3-5-7-11(4-2)10-15-9-6-8-12(13)14/h11H,3-10H2,1-2H3,(H3,13,14). The van der Waals surface area contributed by atoms with E-state index in [1.165, 1.54) is 25.7 Å². The van der Waals surface area contributed by atoms with E-state index < -0.39 is 0 Å². The van der Waals surface area contributed by atoms with E-state index in [4.69, 9.17) is 15.9 Å². The Hall–Kier alpha value is -0.570. The van der Waals surface area contributed by atoms with Gasteiger partial charge < -0.3 is 10.5 Å². The van der Waals surface area contributed by atoms with E-state index in [-0.39, 0.29) is 5.84 Å². The summed E-state index contributed by atoms with van der Waals surface area (Å²) in [6, 6.07) is 0. The number of unbranched alkanes of at least 4 members (excludes halogenated alkanes) is 1. The van der Waals surface area contributed by atoms with Crippen molar-refractivity contribution in [2.45, 2.75) is 52.4 Å². The Labute approximate surface area is 93.9 Å². The molecule has 1 atom stereocenters. The molecule has 0 fully saturated rings. The van der Waals surface area contributed by atoms with E-state index >= 15 is 0 Å². The molecule has 0 bridgehead atoms. The van der Waals surface area contributed by atoms with Crippen molar-refractivity contribution >= 4 is 5.84 Å². The fourth-order valence-electron chi connectivity index (χ4n) is 1.51. The zero-order valence-electron chi connectivity index (χ0n) is 10.2. The molecule has 0 aromatic heterocycles. The van der Waals surface area contributed by atoms with E-state index in [2.05, 4.69) is 13.8 Å². The molecule has 0 spiro atoms. The second-order valence-corrected chi connectivity index (χ2v) is 4.12. The molecule has 0 aliphatic heterocycles. The van der Waals surface area contributed by atoms with Crippen molar-refractivity contribution in [3.63, 3.8) is 0 Å². The summed E-state index contributed by atoms with van der Waals surface area (Å²) in [5.41, 5.74) is 5.25. The van der Waals surface area contributed by atoms with Crippen molar-refractivity contribution in [2.75, 3.05) is 13.2 Å². The lowest BCUT2D eigenvalue weighted by Crippen LogP contribution is -2.13. The van der Waals surface area contributed by atoms with Crippen LogP contribution in [0.25, 0.3) is 0 Å². The topological polar surface area (TPSA) is 59.1 Å². The van der Waals surface area contributed by atoms with Gasteiger partial charge in [-0.05, 0) is 18.8 Å². The molecule has 0 aliphatic carbocycles. The largest absolute Gasteiger partial charge is 0.388 e. The van der Waals surface area contributed by atoms with Crippen LogP contribution < -0.4 is 5.73 Å². The first-order chi connectivity index (χ1) is 7.20. The van der Waals surface area contributed by atoms with Gasteiger partial charge in [0.05, 0.1) is 5.84 Å². The molecule has 90 valence electrons. The molecule has 1 unspecified atom stereocenters. The smallest absolute Gasteiger partial charge is 0.0906 e. The molecule has 3 N–H and O–H groups in total. The summed E-state index contributed by atoms with van der Waals surface area (Å²) >= 11 is 0. The van der Waals surface area contributed by atoms with Crippen LogP contribution in [0.1, 0.15) is 52.4 Å². The minimum Gasteiger partial charge on any atom is -0.388 e. The van der Waals surface area contributed by atoms with Gasteiger partial charge in [0.2, 0.25) is 0 Å². The van der Waals surface area contributed by atoms with Gasteiger partial charge in [0, 0.05) is 19.6 Å². The van der Waals surface area contributed by atoms with E-state index in [0.717, 1.165) is 19.6 Å². The third-order valence-corrected chi connectivity index (χ3v) is 2.63. The van der Waals surface area contributed by atoms with Crippen LogP contribution >= 0.6 is 0 Å². The Morgan fingerprint density at radius 2 is 2.07 bits per heavy atom. The Balaban J connectivity index is 3.33. The van der Waals surface area contributed by atoms with Gasteiger partial charge in [-0.15, -0.1) is 0 Å². The first-order valence-electron chi connectivity index (χ1n) is 6.11. The molecule has 0 radical (unpaired) electrons. The minimum atomic E-state index is 0.261. The quantitative estimate of drug-likeness (QED) is 0.334. The number of nitrogens with one attached hydrogen (secondary N) is 1. The molecular weight excluding hydrogens is 188 g/mol. The maximum Gasteiger partial charge on any atom is 0.0906 e. The molecule has 0 amide bonds. The zero-order chi connectivity index (χ0) is 11.5. The van der Waals surface area contributed by atoms with Crippen LogP contribution in [0.4, 0.5) is 0 Å². The first kappa shape index (κ1) is 14.4. The number of amidine groups is 1. The van der Waals surface area contributed by atoms with Crippen LogP contribution in [0.2, 0.25) is 0 Å². The predicted octanol–water partition coefficient (Wildman–Crippen LogP) is 2.94. The van der Waals surface area contributed by atoms with E-state index in [1.807, 2.05) is 0 Å². The molecule has 0 rings (SSSR count). The number of nitrogens with two attached hydrogens (primary N) is 1. The Bertz CT molecular complexity index is 160. The monoisotopic (exact) mass is 214 g/mol. The third-order valence-electron chi connectivity index (χ3n) is 2.63. The molecule has 3 nitrogen and oxygen atoms in total. The van der Waals surface area contributed by atoms with Crippen LogP contribution in [-0.2, 0) is 4.74 Å². The van der Waals surface area contributed by atoms with Gasteiger partial charge in [-0.25, -0.2) is 0 Å². The van der Waals surface area contributed by atoms with Crippen molar-refractivity contribution in [3.8, 4) is 0 Å². The average Bonchev–Trinajstić information content (AvgIpc) is 2.21. The summed E-state index contributed by atoms with van der Waals surface area (Å²) in [5, 5.41) is 7.06. The van der Waals surface area contributed by atoms with Gasteiger partial charge in [0.15, 0.2) is 0 Å². The Morgan fingerprint density at radius 1 is 1.33 bits per heavy atom. The fourth-order valence-corrected chi connectivity index (χ4v) is 1.51. The van der Waals surface area contributed by atoms with Crippen molar-refractivity contribution in [1.82, 2.24) is 0 Å². The molecule has 0 saturated carbocycles. The van der Waals surface area contributed by atoms with Crippen LogP contribution in [0.3, 0.4) is 0 Å². The summed E-state index contributed by atoms with van der Waals surface area (Å²) in [5.74, 6) is 0.971. The van der Waals surface area contributed by atoms with E-state index in [1.54, 1.807) is 0 Å². The maximum atomic E-state index is 7.06. The summed E-state index contributed by atoms with van der Waals surface area (Å²) < 4.78 is 5.58. The molecule has 0 heterocycles. The van der Waals surface area contributed by atoms with Crippen LogP contribution in [0.15, 0.2) is 0 Å². The van der Waals surface area contributed by atoms with Gasteiger partial charge in [-0.1, -0.05) is 33.1 Å². The second-order valence-electron chi connectivity index (χ2n) is 4.12. The number of rotatable bonds is 10. The minimum absolute atomic E-state index is 0.261. The van der Waals surface area contributed by atoms with Gasteiger partial charge in [-0.2, -0.15) is 0 Å². The number of hydrogen-bond donors (Lipinski definition) is 2. The van der Waals surface area contributed by atoms with Gasteiger partial charge >= 0.3 is 0 Å². The van der Waals surface area contributed by atoms with Crippen molar-refractivity contribution in [2.24, 2.45) is 11.7 Å². The Kier molecular flexibility index (Phi) is 9.59. The van der Waals surface area contributed by atoms with E-state index in [9.17, 15) is 0 Å². The SMILES string of the molecule is CCCCC(CC)COCCCC(=N)N.